The number of hydrogen-bond acceptors (Lipinski definition) is 4. The van der Waals surface area contributed by atoms with E-state index in [4.69, 9.17) is 4.74 Å². The highest BCUT2D eigenvalue weighted by Crippen LogP contribution is 2.15. The average molecular weight is 223 g/mol. The minimum Gasteiger partial charge on any atom is -0.372 e. The molecule has 1 fully saturated rings. The van der Waals surface area contributed by atoms with E-state index in [-0.39, 0.29) is 17.8 Å². The Balaban J connectivity index is 2.26. The quantitative estimate of drug-likeness (QED) is 0.761. The van der Waals surface area contributed by atoms with Gasteiger partial charge in [-0.1, -0.05) is 0 Å². The summed E-state index contributed by atoms with van der Waals surface area (Å²) in [6, 6.07) is 1.50. The van der Waals surface area contributed by atoms with Gasteiger partial charge in [0.15, 0.2) is 0 Å². The third kappa shape index (κ3) is 2.41. The Morgan fingerprint density at radius 2 is 2.06 bits per heavy atom. The summed E-state index contributed by atoms with van der Waals surface area (Å²) in [5.74, 6) is 0.645. The first-order valence-electron chi connectivity index (χ1n) is 5.53. The average Bonchev–Trinajstić information content (AvgIpc) is 2.14. The molecule has 0 unspecified atom stereocenters. The van der Waals surface area contributed by atoms with E-state index in [1.54, 1.807) is 0 Å². The van der Waals surface area contributed by atoms with Crippen LogP contribution in [0.3, 0.4) is 0 Å². The van der Waals surface area contributed by atoms with Crippen molar-refractivity contribution >= 4 is 5.95 Å². The summed E-state index contributed by atoms with van der Waals surface area (Å²) in [7, 11) is 0. The number of H-pyrrole nitrogens is 1. The number of hydrogen-bond donors (Lipinski definition) is 1. The van der Waals surface area contributed by atoms with E-state index in [9.17, 15) is 4.79 Å². The molecule has 1 aromatic heterocycles. The van der Waals surface area contributed by atoms with Crippen molar-refractivity contribution in [2.24, 2.45) is 0 Å². The summed E-state index contributed by atoms with van der Waals surface area (Å²) in [5.41, 5.74) is 0.639. The highest BCUT2D eigenvalue weighted by Gasteiger charge is 2.23. The molecule has 0 amide bonds. The van der Waals surface area contributed by atoms with Gasteiger partial charge in [-0.3, -0.25) is 9.78 Å². The molecule has 1 aliphatic heterocycles. The number of rotatable bonds is 1. The van der Waals surface area contributed by atoms with Crippen LogP contribution in [0.1, 0.15) is 19.5 Å². The number of anilines is 1. The van der Waals surface area contributed by atoms with E-state index in [1.807, 2.05) is 20.8 Å². The Kier molecular flexibility index (Phi) is 2.96. The lowest BCUT2D eigenvalue weighted by Crippen LogP contribution is -2.46. The van der Waals surface area contributed by atoms with Crippen LogP contribution in [0.15, 0.2) is 10.9 Å². The topological polar surface area (TPSA) is 58.2 Å². The molecule has 1 aliphatic rings. The van der Waals surface area contributed by atoms with Crippen LogP contribution < -0.4 is 10.5 Å². The van der Waals surface area contributed by atoms with Gasteiger partial charge in [0.25, 0.3) is 5.56 Å². The number of aryl methyl sites for hydroxylation is 1. The van der Waals surface area contributed by atoms with Crippen molar-refractivity contribution in [3.63, 3.8) is 0 Å². The molecule has 1 saturated heterocycles. The minimum atomic E-state index is -0.103. The van der Waals surface area contributed by atoms with Crippen molar-refractivity contribution in [1.29, 1.82) is 0 Å². The Labute approximate surface area is 94.5 Å². The molecule has 0 radical (unpaired) electrons. The zero-order valence-corrected chi connectivity index (χ0v) is 9.86. The largest absolute Gasteiger partial charge is 0.372 e. The molecule has 0 bridgehead atoms. The predicted octanol–water partition coefficient (Wildman–Crippen LogP) is 0.692. The molecule has 5 heteroatoms. The normalized spacial score (nSPS) is 25.8. The Morgan fingerprint density at radius 1 is 1.44 bits per heavy atom. The molecular formula is C11H17N3O2. The SMILES string of the molecule is Cc1cc(=O)[nH]c(N2C[C@H](C)O[C@@H](C)C2)n1. The molecule has 0 aromatic carbocycles. The van der Waals surface area contributed by atoms with E-state index in [0.717, 1.165) is 18.8 Å². The lowest BCUT2D eigenvalue weighted by atomic mass is 10.2. The molecule has 0 saturated carbocycles. The number of aromatic nitrogens is 2. The van der Waals surface area contributed by atoms with Crippen LogP contribution in [0.4, 0.5) is 5.95 Å². The summed E-state index contributed by atoms with van der Waals surface area (Å²) in [5, 5.41) is 0. The Bertz CT molecular complexity index is 419. The Morgan fingerprint density at radius 3 is 2.62 bits per heavy atom. The van der Waals surface area contributed by atoms with Gasteiger partial charge in [0.05, 0.1) is 12.2 Å². The summed E-state index contributed by atoms with van der Waals surface area (Å²) in [4.78, 5) is 20.5. The molecule has 88 valence electrons. The predicted molar refractivity (Wildman–Crippen MR) is 61.8 cm³/mol. The molecule has 16 heavy (non-hydrogen) atoms. The number of morpholine rings is 1. The van der Waals surface area contributed by atoms with Crippen molar-refractivity contribution in [3.8, 4) is 0 Å². The monoisotopic (exact) mass is 223 g/mol. The standard InChI is InChI=1S/C11H17N3O2/c1-7-4-10(15)13-11(12-7)14-5-8(2)16-9(3)6-14/h4,8-9H,5-6H2,1-3H3,(H,12,13,15)/t8-,9-/m0/s1. The highest BCUT2D eigenvalue weighted by molar-refractivity contribution is 5.31. The van der Waals surface area contributed by atoms with E-state index < -0.39 is 0 Å². The molecule has 2 rings (SSSR count). The van der Waals surface area contributed by atoms with Gasteiger partial charge in [-0.25, -0.2) is 4.98 Å². The van der Waals surface area contributed by atoms with Gasteiger partial charge in [0.1, 0.15) is 0 Å². The Hall–Kier alpha value is -1.36. The van der Waals surface area contributed by atoms with Gasteiger partial charge in [-0.15, -0.1) is 0 Å². The van der Waals surface area contributed by atoms with Crippen molar-refractivity contribution in [1.82, 2.24) is 9.97 Å². The van der Waals surface area contributed by atoms with Gasteiger partial charge in [-0.05, 0) is 20.8 Å². The molecule has 1 N–H and O–H groups in total. The van der Waals surface area contributed by atoms with Crippen molar-refractivity contribution in [2.45, 2.75) is 33.0 Å². The maximum absolute atomic E-state index is 11.4. The zero-order chi connectivity index (χ0) is 11.7. The fourth-order valence-electron chi connectivity index (χ4n) is 2.06. The van der Waals surface area contributed by atoms with Gasteiger partial charge < -0.3 is 9.64 Å². The van der Waals surface area contributed by atoms with Crippen LogP contribution in [0.25, 0.3) is 0 Å². The second kappa shape index (κ2) is 4.25. The molecular weight excluding hydrogens is 206 g/mol. The van der Waals surface area contributed by atoms with Crippen molar-refractivity contribution < 1.29 is 4.74 Å². The third-order valence-corrected chi connectivity index (χ3v) is 2.58. The summed E-state index contributed by atoms with van der Waals surface area (Å²) in [6.07, 6.45) is 0.323. The maximum Gasteiger partial charge on any atom is 0.252 e. The van der Waals surface area contributed by atoms with Gasteiger partial charge in [-0.2, -0.15) is 0 Å². The second-order valence-electron chi connectivity index (χ2n) is 4.37. The van der Waals surface area contributed by atoms with Gasteiger partial charge in [0, 0.05) is 24.8 Å². The van der Waals surface area contributed by atoms with Crippen LogP contribution in [-0.4, -0.2) is 35.3 Å². The van der Waals surface area contributed by atoms with Gasteiger partial charge in [0.2, 0.25) is 5.95 Å². The smallest absolute Gasteiger partial charge is 0.252 e. The third-order valence-electron chi connectivity index (χ3n) is 2.58. The van der Waals surface area contributed by atoms with Crippen LogP contribution in [-0.2, 0) is 4.74 Å². The lowest BCUT2D eigenvalue weighted by Gasteiger charge is -2.35. The van der Waals surface area contributed by atoms with E-state index in [1.165, 1.54) is 6.07 Å². The highest BCUT2D eigenvalue weighted by atomic mass is 16.5. The maximum atomic E-state index is 11.4. The molecule has 2 heterocycles. The molecule has 0 spiro atoms. The van der Waals surface area contributed by atoms with E-state index in [0.29, 0.717) is 5.95 Å². The summed E-state index contributed by atoms with van der Waals surface area (Å²) in [6.45, 7) is 7.40. The van der Waals surface area contributed by atoms with Crippen LogP contribution in [0.5, 0.6) is 0 Å². The number of aromatic amines is 1. The summed E-state index contributed by atoms with van der Waals surface area (Å²) < 4.78 is 5.64. The van der Waals surface area contributed by atoms with Crippen LogP contribution >= 0.6 is 0 Å². The second-order valence-corrected chi connectivity index (χ2v) is 4.37. The van der Waals surface area contributed by atoms with Crippen LogP contribution in [0, 0.1) is 6.92 Å². The molecule has 2 atom stereocenters. The number of ether oxygens (including phenoxy) is 1. The first-order valence-corrected chi connectivity index (χ1v) is 5.53. The van der Waals surface area contributed by atoms with Gasteiger partial charge >= 0.3 is 0 Å². The number of nitrogens with zero attached hydrogens (tertiary/aromatic N) is 2. The van der Waals surface area contributed by atoms with Crippen LogP contribution in [0.2, 0.25) is 0 Å². The first-order chi connectivity index (χ1) is 7.54. The van der Waals surface area contributed by atoms with E-state index in [2.05, 4.69) is 14.9 Å². The van der Waals surface area contributed by atoms with E-state index >= 15 is 0 Å². The number of nitrogens with one attached hydrogen (secondary N) is 1. The fraction of sp³-hybridized carbons (Fsp3) is 0.636. The molecule has 0 aliphatic carbocycles. The van der Waals surface area contributed by atoms with Crippen molar-refractivity contribution in [3.05, 3.63) is 22.1 Å². The fourth-order valence-corrected chi connectivity index (χ4v) is 2.06. The zero-order valence-electron chi connectivity index (χ0n) is 9.86. The molecule has 1 aromatic rings. The minimum absolute atomic E-state index is 0.103. The molecule has 5 nitrogen and oxygen atoms in total. The first kappa shape index (κ1) is 11.1. The summed E-state index contributed by atoms with van der Waals surface area (Å²) >= 11 is 0. The van der Waals surface area contributed by atoms with Crippen molar-refractivity contribution in [2.75, 3.05) is 18.0 Å². The lowest BCUT2D eigenvalue weighted by molar-refractivity contribution is -0.00574.